The molecule has 0 bridgehead atoms. The summed E-state index contributed by atoms with van der Waals surface area (Å²) in [6.45, 7) is 10.7. The Morgan fingerprint density at radius 2 is 1.71 bits per heavy atom. The van der Waals surface area contributed by atoms with Crippen molar-refractivity contribution in [2.75, 3.05) is 25.1 Å². The van der Waals surface area contributed by atoms with Crippen molar-refractivity contribution in [1.82, 2.24) is 9.97 Å². The maximum absolute atomic E-state index is 11.6. The summed E-state index contributed by atoms with van der Waals surface area (Å²) in [5, 5.41) is 0. The summed E-state index contributed by atoms with van der Waals surface area (Å²) in [5.74, 6) is 1.56. The second-order valence-corrected chi connectivity index (χ2v) is 6.11. The van der Waals surface area contributed by atoms with E-state index in [1.54, 1.807) is 6.20 Å². The van der Waals surface area contributed by atoms with Gasteiger partial charge >= 0.3 is 5.97 Å². The molecular formula is C16H27N3O2. The number of nitrogens with zero attached hydrogens (tertiary/aromatic N) is 3. The molecule has 118 valence electrons. The molecule has 0 saturated heterocycles. The molecule has 0 aromatic carbocycles. The highest BCUT2D eigenvalue weighted by atomic mass is 16.5. The molecule has 0 atom stereocenters. The third-order valence-electron chi connectivity index (χ3n) is 3.29. The number of rotatable bonds is 8. The van der Waals surface area contributed by atoms with Crippen LogP contribution in [0.4, 0.5) is 5.82 Å². The first-order valence-electron chi connectivity index (χ1n) is 7.59. The van der Waals surface area contributed by atoms with Gasteiger partial charge in [0.05, 0.1) is 19.5 Å². The van der Waals surface area contributed by atoms with Crippen molar-refractivity contribution >= 4 is 11.8 Å². The fourth-order valence-corrected chi connectivity index (χ4v) is 1.88. The van der Waals surface area contributed by atoms with Crippen LogP contribution in [0.15, 0.2) is 12.4 Å². The second kappa shape index (κ2) is 8.60. The van der Waals surface area contributed by atoms with Crippen molar-refractivity contribution in [3.63, 3.8) is 0 Å². The number of carbonyl (C=O) groups is 1. The van der Waals surface area contributed by atoms with Gasteiger partial charge in [-0.1, -0.05) is 27.7 Å². The molecule has 1 aromatic heterocycles. The van der Waals surface area contributed by atoms with Crippen LogP contribution in [0.3, 0.4) is 0 Å². The molecule has 0 fully saturated rings. The summed E-state index contributed by atoms with van der Waals surface area (Å²) < 4.78 is 4.71. The van der Waals surface area contributed by atoms with Crippen molar-refractivity contribution in [1.29, 1.82) is 0 Å². The topological polar surface area (TPSA) is 55.3 Å². The van der Waals surface area contributed by atoms with Crippen molar-refractivity contribution < 1.29 is 9.53 Å². The lowest BCUT2D eigenvalue weighted by Gasteiger charge is -2.25. The Morgan fingerprint density at radius 3 is 2.19 bits per heavy atom. The monoisotopic (exact) mass is 293 g/mol. The van der Waals surface area contributed by atoms with Crippen molar-refractivity contribution in [3.05, 3.63) is 18.1 Å². The molecule has 0 aliphatic rings. The van der Waals surface area contributed by atoms with Gasteiger partial charge in [0.15, 0.2) is 5.69 Å². The molecular weight excluding hydrogens is 266 g/mol. The molecule has 0 N–H and O–H groups in total. The highest BCUT2D eigenvalue weighted by Gasteiger charge is 2.14. The van der Waals surface area contributed by atoms with E-state index >= 15 is 0 Å². The van der Waals surface area contributed by atoms with Gasteiger partial charge in [0.25, 0.3) is 0 Å². The Bertz CT molecular complexity index is 435. The zero-order valence-corrected chi connectivity index (χ0v) is 13.8. The smallest absolute Gasteiger partial charge is 0.358 e. The van der Waals surface area contributed by atoms with E-state index in [0.29, 0.717) is 11.8 Å². The Hall–Kier alpha value is -1.65. The predicted octanol–water partition coefficient (Wildman–Crippen LogP) is 3.16. The molecule has 1 aromatic rings. The van der Waals surface area contributed by atoms with Gasteiger partial charge in [-0.2, -0.15) is 0 Å². The SMILES string of the molecule is COC(=O)c1cncc(N(CCC(C)C)CCC(C)C)n1. The van der Waals surface area contributed by atoms with E-state index in [2.05, 4.69) is 42.6 Å². The lowest BCUT2D eigenvalue weighted by molar-refractivity contribution is 0.0593. The van der Waals surface area contributed by atoms with E-state index in [1.807, 2.05) is 0 Å². The molecule has 0 saturated carbocycles. The minimum absolute atomic E-state index is 0.258. The normalized spacial score (nSPS) is 11.0. The van der Waals surface area contributed by atoms with Crippen molar-refractivity contribution in [2.24, 2.45) is 11.8 Å². The minimum atomic E-state index is -0.447. The molecule has 0 amide bonds. The van der Waals surface area contributed by atoms with Crippen LogP contribution in [-0.2, 0) is 4.74 Å². The van der Waals surface area contributed by atoms with Crippen LogP contribution in [0.5, 0.6) is 0 Å². The predicted molar refractivity (Wildman–Crippen MR) is 84.5 cm³/mol. The number of methoxy groups -OCH3 is 1. The standard InChI is InChI=1S/C16H27N3O2/c1-12(2)6-8-19(9-7-13(3)4)15-11-17-10-14(18-15)16(20)21-5/h10-13H,6-9H2,1-5H3. The first-order chi connectivity index (χ1) is 9.93. The first-order valence-corrected chi connectivity index (χ1v) is 7.59. The fourth-order valence-electron chi connectivity index (χ4n) is 1.88. The summed E-state index contributed by atoms with van der Waals surface area (Å²) in [4.78, 5) is 22.3. The largest absolute Gasteiger partial charge is 0.464 e. The molecule has 0 radical (unpaired) electrons. The Labute approximate surface area is 127 Å². The van der Waals surface area contributed by atoms with Crippen molar-refractivity contribution in [2.45, 2.75) is 40.5 Å². The number of ether oxygens (including phenoxy) is 1. The molecule has 1 heterocycles. The van der Waals surface area contributed by atoms with Gasteiger partial charge in [0.1, 0.15) is 5.82 Å². The van der Waals surface area contributed by atoms with Crippen LogP contribution in [-0.4, -0.2) is 36.1 Å². The van der Waals surface area contributed by atoms with E-state index in [0.717, 1.165) is 31.7 Å². The number of esters is 1. The van der Waals surface area contributed by atoms with Crippen LogP contribution in [0.2, 0.25) is 0 Å². The second-order valence-electron chi connectivity index (χ2n) is 6.11. The third kappa shape index (κ3) is 6.10. The molecule has 21 heavy (non-hydrogen) atoms. The summed E-state index contributed by atoms with van der Waals surface area (Å²) in [5.41, 5.74) is 0.258. The van der Waals surface area contributed by atoms with Gasteiger partial charge in [-0.15, -0.1) is 0 Å². The minimum Gasteiger partial charge on any atom is -0.464 e. The van der Waals surface area contributed by atoms with Crippen molar-refractivity contribution in [3.8, 4) is 0 Å². The van der Waals surface area contributed by atoms with E-state index in [4.69, 9.17) is 4.74 Å². The maximum Gasteiger partial charge on any atom is 0.358 e. The number of carbonyl (C=O) groups excluding carboxylic acids is 1. The van der Waals surface area contributed by atoms with Gasteiger partial charge < -0.3 is 9.64 Å². The fraction of sp³-hybridized carbons (Fsp3) is 0.688. The van der Waals surface area contributed by atoms with E-state index in [-0.39, 0.29) is 5.69 Å². The average Bonchev–Trinajstić information content (AvgIpc) is 2.46. The summed E-state index contributed by atoms with van der Waals surface area (Å²) >= 11 is 0. The van der Waals surface area contributed by atoms with Crippen LogP contribution in [0.25, 0.3) is 0 Å². The lowest BCUT2D eigenvalue weighted by Crippen LogP contribution is -2.29. The molecule has 0 spiro atoms. The third-order valence-corrected chi connectivity index (χ3v) is 3.29. The van der Waals surface area contributed by atoms with E-state index in [9.17, 15) is 4.79 Å². The lowest BCUT2D eigenvalue weighted by atomic mass is 10.1. The maximum atomic E-state index is 11.6. The quantitative estimate of drug-likeness (QED) is 0.689. The summed E-state index contributed by atoms with van der Waals surface area (Å²) in [7, 11) is 1.35. The Morgan fingerprint density at radius 1 is 1.14 bits per heavy atom. The van der Waals surface area contributed by atoms with Crippen LogP contribution < -0.4 is 4.90 Å². The molecule has 0 unspecified atom stereocenters. The summed E-state index contributed by atoms with van der Waals surface area (Å²) in [6, 6.07) is 0. The van der Waals surface area contributed by atoms with E-state index < -0.39 is 5.97 Å². The molecule has 1 rings (SSSR count). The van der Waals surface area contributed by atoms with Gasteiger partial charge in [0.2, 0.25) is 0 Å². The zero-order valence-electron chi connectivity index (χ0n) is 13.8. The van der Waals surface area contributed by atoms with Crippen LogP contribution in [0, 0.1) is 11.8 Å². The van der Waals surface area contributed by atoms with E-state index in [1.165, 1.54) is 13.3 Å². The first kappa shape index (κ1) is 17.4. The molecule has 5 heteroatoms. The molecule has 0 aliphatic carbocycles. The Kier molecular flexibility index (Phi) is 7.12. The summed E-state index contributed by atoms with van der Waals surface area (Å²) in [6.07, 6.45) is 5.33. The number of anilines is 1. The van der Waals surface area contributed by atoms with Gasteiger partial charge in [-0.3, -0.25) is 4.98 Å². The number of aromatic nitrogens is 2. The zero-order chi connectivity index (χ0) is 15.8. The average molecular weight is 293 g/mol. The van der Waals surface area contributed by atoms with Gasteiger partial charge in [-0.25, -0.2) is 9.78 Å². The molecule has 5 nitrogen and oxygen atoms in total. The van der Waals surface area contributed by atoms with Crippen LogP contribution in [0.1, 0.15) is 51.0 Å². The van der Waals surface area contributed by atoms with Gasteiger partial charge in [-0.05, 0) is 24.7 Å². The molecule has 0 aliphatic heterocycles. The Balaban J connectivity index is 2.87. The highest BCUT2D eigenvalue weighted by Crippen LogP contribution is 2.15. The van der Waals surface area contributed by atoms with Gasteiger partial charge in [0, 0.05) is 13.1 Å². The van der Waals surface area contributed by atoms with Crippen LogP contribution >= 0.6 is 0 Å². The number of hydrogen-bond donors (Lipinski definition) is 0. The highest BCUT2D eigenvalue weighted by molar-refractivity contribution is 5.87. The number of hydrogen-bond acceptors (Lipinski definition) is 5.